The van der Waals surface area contributed by atoms with E-state index < -0.39 is 0 Å². The lowest BCUT2D eigenvalue weighted by Crippen LogP contribution is -2.23. The quantitative estimate of drug-likeness (QED) is 0.762. The third-order valence-electron chi connectivity index (χ3n) is 3.54. The molecule has 0 bridgehead atoms. The van der Waals surface area contributed by atoms with E-state index in [2.05, 4.69) is 46.0 Å². The first-order valence-corrected chi connectivity index (χ1v) is 6.20. The largest absolute Gasteiger partial charge is 0.346 e. The highest BCUT2D eigenvalue weighted by Gasteiger charge is 2.11. The van der Waals surface area contributed by atoms with E-state index in [4.69, 9.17) is 0 Å². The van der Waals surface area contributed by atoms with E-state index >= 15 is 0 Å². The summed E-state index contributed by atoms with van der Waals surface area (Å²) < 4.78 is 2.37. The van der Waals surface area contributed by atoms with Gasteiger partial charge in [0.05, 0.1) is 0 Å². The highest BCUT2D eigenvalue weighted by Crippen LogP contribution is 2.15. The molecule has 2 heterocycles. The van der Waals surface area contributed by atoms with Gasteiger partial charge in [0.1, 0.15) is 0 Å². The normalized spacial score (nSPS) is 17.2. The second-order valence-corrected chi connectivity index (χ2v) is 4.62. The van der Waals surface area contributed by atoms with Crippen LogP contribution < -0.4 is 0 Å². The minimum absolute atomic E-state index is 1.12. The zero-order chi connectivity index (χ0) is 10.8. The maximum Gasteiger partial charge on any atom is 0.0480 e. The summed E-state index contributed by atoms with van der Waals surface area (Å²) in [5, 5.41) is 1.35. The first-order valence-electron chi connectivity index (χ1n) is 6.20. The molecule has 3 rings (SSSR count). The minimum Gasteiger partial charge on any atom is -0.346 e. The van der Waals surface area contributed by atoms with Crippen LogP contribution in [0, 0.1) is 0 Å². The molecule has 0 unspecified atom stereocenters. The number of aromatic nitrogens is 1. The van der Waals surface area contributed by atoms with Crippen LogP contribution in [-0.2, 0) is 6.54 Å². The van der Waals surface area contributed by atoms with E-state index in [9.17, 15) is 0 Å². The van der Waals surface area contributed by atoms with Crippen LogP contribution in [0.1, 0.15) is 12.8 Å². The van der Waals surface area contributed by atoms with Gasteiger partial charge in [0.2, 0.25) is 0 Å². The maximum absolute atomic E-state index is 2.56. The number of nitrogens with zero attached hydrogens (tertiary/aromatic N) is 2. The van der Waals surface area contributed by atoms with E-state index in [1.807, 2.05) is 0 Å². The van der Waals surface area contributed by atoms with Crippen molar-refractivity contribution in [3.63, 3.8) is 0 Å². The third-order valence-corrected chi connectivity index (χ3v) is 3.54. The fourth-order valence-electron chi connectivity index (χ4n) is 2.59. The molecule has 0 atom stereocenters. The SMILES string of the molecule is c1ccc2c(c1)ccn2CCN1CCCC1. The van der Waals surface area contributed by atoms with E-state index in [-0.39, 0.29) is 0 Å². The summed E-state index contributed by atoms with van der Waals surface area (Å²) in [6.45, 7) is 4.89. The molecule has 1 fully saturated rings. The molecule has 0 amide bonds. The van der Waals surface area contributed by atoms with Gasteiger partial charge in [0.15, 0.2) is 0 Å². The zero-order valence-corrected chi connectivity index (χ0v) is 9.60. The van der Waals surface area contributed by atoms with Crippen LogP contribution in [0.4, 0.5) is 0 Å². The molecular weight excluding hydrogens is 196 g/mol. The summed E-state index contributed by atoms with van der Waals surface area (Å²) in [5.74, 6) is 0. The summed E-state index contributed by atoms with van der Waals surface area (Å²) in [6.07, 6.45) is 4.97. The van der Waals surface area contributed by atoms with Crippen LogP contribution >= 0.6 is 0 Å². The van der Waals surface area contributed by atoms with Crippen molar-refractivity contribution in [1.29, 1.82) is 0 Å². The average molecular weight is 214 g/mol. The summed E-state index contributed by atoms with van der Waals surface area (Å²) in [7, 11) is 0. The van der Waals surface area contributed by atoms with Crippen molar-refractivity contribution in [2.45, 2.75) is 19.4 Å². The van der Waals surface area contributed by atoms with Gasteiger partial charge in [-0.3, -0.25) is 0 Å². The van der Waals surface area contributed by atoms with E-state index in [1.54, 1.807) is 0 Å². The molecule has 0 aliphatic carbocycles. The molecule has 0 N–H and O–H groups in total. The molecule has 1 saturated heterocycles. The standard InChI is InChI=1S/C14H18N2/c1-2-6-14-13(5-1)7-10-16(14)12-11-15-8-3-4-9-15/h1-2,5-7,10H,3-4,8-9,11-12H2. The molecule has 84 valence electrons. The molecule has 1 aliphatic rings. The molecule has 0 spiro atoms. The van der Waals surface area contributed by atoms with Gasteiger partial charge in [-0.2, -0.15) is 0 Å². The first kappa shape index (κ1) is 9.91. The van der Waals surface area contributed by atoms with E-state index in [1.165, 1.54) is 43.4 Å². The number of fused-ring (bicyclic) bond motifs is 1. The molecule has 1 aromatic carbocycles. The number of rotatable bonds is 3. The maximum atomic E-state index is 2.56. The molecule has 1 aliphatic heterocycles. The molecule has 16 heavy (non-hydrogen) atoms. The Bertz CT molecular complexity index is 466. The lowest BCUT2D eigenvalue weighted by molar-refractivity contribution is 0.324. The van der Waals surface area contributed by atoms with Gasteiger partial charge >= 0.3 is 0 Å². The van der Waals surface area contributed by atoms with Crippen molar-refractivity contribution in [3.05, 3.63) is 36.5 Å². The lowest BCUT2D eigenvalue weighted by Gasteiger charge is -2.15. The molecule has 2 aromatic rings. The van der Waals surface area contributed by atoms with Crippen LogP contribution in [0.25, 0.3) is 10.9 Å². The van der Waals surface area contributed by atoms with Crippen LogP contribution in [0.3, 0.4) is 0 Å². The summed E-state index contributed by atoms with van der Waals surface area (Å²) in [6, 6.07) is 10.8. The number of hydrogen-bond acceptors (Lipinski definition) is 1. The lowest BCUT2D eigenvalue weighted by atomic mass is 10.2. The van der Waals surface area contributed by atoms with Crippen molar-refractivity contribution < 1.29 is 0 Å². The Labute approximate surface area is 96.5 Å². The average Bonchev–Trinajstić information content (AvgIpc) is 2.96. The Morgan fingerprint density at radius 3 is 2.62 bits per heavy atom. The van der Waals surface area contributed by atoms with Gasteiger partial charge in [0.25, 0.3) is 0 Å². The number of likely N-dealkylation sites (tertiary alicyclic amines) is 1. The van der Waals surface area contributed by atoms with Crippen molar-refractivity contribution in [2.24, 2.45) is 0 Å². The van der Waals surface area contributed by atoms with Crippen LogP contribution in [-0.4, -0.2) is 29.1 Å². The second kappa shape index (κ2) is 4.30. The van der Waals surface area contributed by atoms with Crippen molar-refractivity contribution in [1.82, 2.24) is 9.47 Å². The van der Waals surface area contributed by atoms with Gasteiger partial charge in [-0.1, -0.05) is 18.2 Å². The highest BCUT2D eigenvalue weighted by molar-refractivity contribution is 5.79. The zero-order valence-electron chi connectivity index (χ0n) is 9.60. The summed E-state index contributed by atoms with van der Waals surface area (Å²) >= 11 is 0. The van der Waals surface area contributed by atoms with Crippen LogP contribution in [0.2, 0.25) is 0 Å². The van der Waals surface area contributed by atoms with Crippen LogP contribution in [0.5, 0.6) is 0 Å². The molecule has 2 heteroatoms. The van der Waals surface area contributed by atoms with Gasteiger partial charge in [-0.25, -0.2) is 0 Å². The highest BCUT2D eigenvalue weighted by atomic mass is 15.2. The Balaban J connectivity index is 1.73. The summed E-state index contributed by atoms with van der Waals surface area (Å²) in [4.78, 5) is 2.56. The van der Waals surface area contributed by atoms with Gasteiger partial charge in [-0.15, -0.1) is 0 Å². The van der Waals surface area contributed by atoms with E-state index in [0.29, 0.717) is 0 Å². The third kappa shape index (κ3) is 1.85. The molecule has 0 radical (unpaired) electrons. The van der Waals surface area contributed by atoms with Gasteiger partial charge in [0, 0.05) is 24.8 Å². The van der Waals surface area contributed by atoms with Crippen molar-refractivity contribution in [3.8, 4) is 0 Å². The molecular formula is C14H18N2. The monoisotopic (exact) mass is 214 g/mol. The molecule has 2 nitrogen and oxygen atoms in total. The number of para-hydroxylation sites is 1. The Hall–Kier alpha value is -1.28. The number of hydrogen-bond donors (Lipinski definition) is 0. The Morgan fingerprint density at radius 1 is 0.938 bits per heavy atom. The predicted octanol–water partition coefficient (Wildman–Crippen LogP) is 2.74. The van der Waals surface area contributed by atoms with Crippen molar-refractivity contribution in [2.75, 3.05) is 19.6 Å². The first-order chi connectivity index (χ1) is 7.93. The topological polar surface area (TPSA) is 8.17 Å². The fourth-order valence-corrected chi connectivity index (χ4v) is 2.59. The molecule has 1 aromatic heterocycles. The van der Waals surface area contributed by atoms with Crippen molar-refractivity contribution >= 4 is 10.9 Å². The van der Waals surface area contributed by atoms with E-state index in [0.717, 1.165) is 6.54 Å². The molecule has 0 saturated carbocycles. The van der Waals surface area contributed by atoms with Gasteiger partial charge < -0.3 is 9.47 Å². The minimum atomic E-state index is 1.12. The Morgan fingerprint density at radius 2 is 1.75 bits per heavy atom. The van der Waals surface area contributed by atoms with Crippen LogP contribution in [0.15, 0.2) is 36.5 Å². The smallest absolute Gasteiger partial charge is 0.0480 e. The fraction of sp³-hybridized carbons (Fsp3) is 0.429. The number of benzene rings is 1. The Kier molecular flexibility index (Phi) is 2.66. The second-order valence-electron chi connectivity index (χ2n) is 4.62. The summed E-state index contributed by atoms with van der Waals surface area (Å²) in [5.41, 5.74) is 1.36. The van der Waals surface area contributed by atoms with Gasteiger partial charge in [-0.05, 0) is 43.5 Å². The predicted molar refractivity (Wildman–Crippen MR) is 67.6 cm³/mol.